The summed E-state index contributed by atoms with van der Waals surface area (Å²) in [7, 11) is 0. The van der Waals surface area contributed by atoms with Gasteiger partial charge in [0.2, 0.25) is 5.95 Å². The number of benzene rings is 1. The van der Waals surface area contributed by atoms with Crippen LogP contribution in [0.3, 0.4) is 0 Å². The SMILES string of the molecule is N#Cc1cccnc1N1CCN(c2nc3ccccc3c(=O)[nH]2)CC1. The molecule has 0 amide bonds. The van der Waals surface area contributed by atoms with E-state index >= 15 is 0 Å². The van der Waals surface area contributed by atoms with Gasteiger partial charge in [-0.05, 0) is 24.3 Å². The van der Waals surface area contributed by atoms with Crippen molar-refractivity contribution in [3.05, 3.63) is 58.5 Å². The minimum Gasteiger partial charge on any atom is -0.352 e. The van der Waals surface area contributed by atoms with Gasteiger partial charge in [0.25, 0.3) is 5.56 Å². The Morgan fingerprint density at radius 3 is 2.60 bits per heavy atom. The Bertz CT molecular complexity index is 1010. The van der Waals surface area contributed by atoms with Crippen molar-refractivity contribution in [1.82, 2.24) is 15.0 Å². The van der Waals surface area contributed by atoms with Crippen LogP contribution in [0.2, 0.25) is 0 Å². The summed E-state index contributed by atoms with van der Waals surface area (Å²) in [6.45, 7) is 2.82. The van der Waals surface area contributed by atoms with E-state index in [1.807, 2.05) is 18.2 Å². The Balaban J connectivity index is 1.56. The van der Waals surface area contributed by atoms with Crippen LogP contribution in [0.1, 0.15) is 5.56 Å². The van der Waals surface area contributed by atoms with Crippen molar-refractivity contribution in [2.75, 3.05) is 36.0 Å². The van der Waals surface area contributed by atoms with Gasteiger partial charge in [-0.1, -0.05) is 12.1 Å². The topological polar surface area (TPSA) is 88.9 Å². The minimum atomic E-state index is -0.125. The van der Waals surface area contributed by atoms with Gasteiger partial charge in [0.15, 0.2) is 0 Å². The van der Waals surface area contributed by atoms with E-state index < -0.39 is 0 Å². The maximum absolute atomic E-state index is 12.2. The Morgan fingerprint density at radius 1 is 1.04 bits per heavy atom. The average Bonchev–Trinajstić information content (AvgIpc) is 2.68. The standard InChI is InChI=1S/C18H16N6O/c19-12-13-4-3-7-20-16(13)23-8-10-24(11-9-23)18-21-15-6-2-1-5-14(15)17(25)22-18/h1-7H,8-11H2,(H,21,22,25). The molecule has 7 heteroatoms. The summed E-state index contributed by atoms with van der Waals surface area (Å²) in [4.78, 5) is 28.2. The molecule has 0 radical (unpaired) electrons. The van der Waals surface area contributed by atoms with Crippen molar-refractivity contribution in [1.29, 1.82) is 5.26 Å². The molecule has 1 aliphatic heterocycles. The third-order valence-corrected chi connectivity index (χ3v) is 4.39. The third kappa shape index (κ3) is 2.78. The fourth-order valence-corrected chi connectivity index (χ4v) is 3.09. The highest BCUT2D eigenvalue weighted by Gasteiger charge is 2.22. The van der Waals surface area contributed by atoms with Crippen LogP contribution in [0.5, 0.6) is 0 Å². The number of nitrogens with zero attached hydrogens (tertiary/aromatic N) is 5. The second-order valence-corrected chi connectivity index (χ2v) is 5.87. The van der Waals surface area contributed by atoms with Gasteiger partial charge in [-0.3, -0.25) is 9.78 Å². The fourth-order valence-electron chi connectivity index (χ4n) is 3.09. The number of hydrogen-bond acceptors (Lipinski definition) is 6. The number of hydrogen-bond donors (Lipinski definition) is 1. The molecule has 1 N–H and O–H groups in total. The number of anilines is 2. The summed E-state index contributed by atoms with van der Waals surface area (Å²) in [5.41, 5.74) is 1.15. The van der Waals surface area contributed by atoms with Crippen molar-refractivity contribution < 1.29 is 0 Å². The van der Waals surface area contributed by atoms with E-state index in [-0.39, 0.29) is 5.56 Å². The summed E-state index contributed by atoms with van der Waals surface area (Å²) < 4.78 is 0. The number of fused-ring (bicyclic) bond motifs is 1. The van der Waals surface area contributed by atoms with Crippen LogP contribution in [0.15, 0.2) is 47.4 Å². The Kier molecular flexibility index (Phi) is 3.78. The summed E-state index contributed by atoms with van der Waals surface area (Å²) in [5, 5.41) is 9.83. The quantitative estimate of drug-likeness (QED) is 0.765. The maximum Gasteiger partial charge on any atom is 0.260 e. The van der Waals surface area contributed by atoms with Crippen molar-refractivity contribution in [2.24, 2.45) is 0 Å². The lowest BCUT2D eigenvalue weighted by Crippen LogP contribution is -2.48. The number of aromatic amines is 1. The highest BCUT2D eigenvalue weighted by Crippen LogP contribution is 2.20. The van der Waals surface area contributed by atoms with Gasteiger partial charge in [-0.15, -0.1) is 0 Å². The van der Waals surface area contributed by atoms with Crippen LogP contribution in [-0.2, 0) is 0 Å². The van der Waals surface area contributed by atoms with Crippen LogP contribution in [0.25, 0.3) is 10.9 Å². The van der Waals surface area contributed by atoms with Gasteiger partial charge in [0.05, 0.1) is 16.5 Å². The fraction of sp³-hybridized carbons (Fsp3) is 0.222. The first-order chi connectivity index (χ1) is 12.3. The Morgan fingerprint density at radius 2 is 1.80 bits per heavy atom. The molecule has 3 aromatic rings. The predicted octanol–water partition coefficient (Wildman–Crippen LogP) is 1.52. The lowest BCUT2D eigenvalue weighted by molar-refractivity contribution is 0.634. The zero-order valence-electron chi connectivity index (χ0n) is 13.5. The van der Waals surface area contributed by atoms with Crippen LogP contribution in [-0.4, -0.2) is 41.1 Å². The highest BCUT2D eigenvalue weighted by molar-refractivity contribution is 5.78. The van der Waals surface area contributed by atoms with Gasteiger partial charge in [-0.2, -0.15) is 5.26 Å². The Labute approximate surface area is 144 Å². The molecule has 0 bridgehead atoms. The molecule has 1 aliphatic rings. The average molecular weight is 332 g/mol. The van der Waals surface area contributed by atoms with E-state index in [4.69, 9.17) is 0 Å². The van der Waals surface area contributed by atoms with E-state index in [1.165, 1.54) is 0 Å². The number of aromatic nitrogens is 3. The van der Waals surface area contributed by atoms with Gasteiger partial charge in [0.1, 0.15) is 11.9 Å². The molecule has 25 heavy (non-hydrogen) atoms. The van der Waals surface area contributed by atoms with Crippen molar-refractivity contribution in [3.63, 3.8) is 0 Å². The second kappa shape index (κ2) is 6.24. The van der Waals surface area contributed by atoms with E-state index in [2.05, 4.69) is 30.8 Å². The third-order valence-electron chi connectivity index (χ3n) is 4.39. The van der Waals surface area contributed by atoms with E-state index in [1.54, 1.807) is 24.4 Å². The Hall–Kier alpha value is -3.40. The van der Waals surface area contributed by atoms with Gasteiger partial charge in [-0.25, -0.2) is 9.97 Å². The maximum atomic E-state index is 12.2. The second-order valence-electron chi connectivity index (χ2n) is 5.87. The number of pyridine rings is 1. The summed E-state index contributed by atoms with van der Waals surface area (Å²) in [5.74, 6) is 1.30. The lowest BCUT2D eigenvalue weighted by atomic mass is 10.2. The molecule has 0 spiro atoms. The zero-order chi connectivity index (χ0) is 17.2. The molecule has 2 aromatic heterocycles. The molecule has 1 saturated heterocycles. The molecule has 0 unspecified atom stereocenters. The smallest absolute Gasteiger partial charge is 0.260 e. The molecule has 124 valence electrons. The van der Waals surface area contributed by atoms with Crippen molar-refractivity contribution >= 4 is 22.7 Å². The van der Waals surface area contributed by atoms with Crippen LogP contribution in [0, 0.1) is 11.3 Å². The normalized spacial score (nSPS) is 14.5. The molecule has 7 nitrogen and oxygen atoms in total. The number of piperazine rings is 1. The molecule has 3 heterocycles. The minimum absolute atomic E-state index is 0.125. The van der Waals surface area contributed by atoms with Gasteiger partial charge >= 0.3 is 0 Å². The first-order valence-corrected chi connectivity index (χ1v) is 8.10. The molecular formula is C18H16N6O. The number of para-hydroxylation sites is 1. The molecule has 0 atom stereocenters. The monoisotopic (exact) mass is 332 g/mol. The van der Waals surface area contributed by atoms with Crippen molar-refractivity contribution in [2.45, 2.75) is 0 Å². The molecule has 1 aromatic carbocycles. The first kappa shape index (κ1) is 15.1. The first-order valence-electron chi connectivity index (χ1n) is 8.10. The molecular weight excluding hydrogens is 316 g/mol. The van der Waals surface area contributed by atoms with Crippen LogP contribution >= 0.6 is 0 Å². The summed E-state index contributed by atoms with van der Waals surface area (Å²) >= 11 is 0. The van der Waals surface area contributed by atoms with E-state index in [0.29, 0.717) is 54.4 Å². The summed E-state index contributed by atoms with van der Waals surface area (Å²) in [6, 6.07) is 13.0. The number of rotatable bonds is 2. The zero-order valence-corrected chi connectivity index (χ0v) is 13.5. The number of H-pyrrole nitrogens is 1. The molecule has 0 aliphatic carbocycles. The predicted molar refractivity (Wildman–Crippen MR) is 95.7 cm³/mol. The molecule has 0 saturated carbocycles. The van der Waals surface area contributed by atoms with Gasteiger partial charge < -0.3 is 9.80 Å². The summed E-state index contributed by atoms with van der Waals surface area (Å²) in [6.07, 6.45) is 1.70. The lowest BCUT2D eigenvalue weighted by Gasteiger charge is -2.35. The van der Waals surface area contributed by atoms with Gasteiger partial charge in [0, 0.05) is 32.4 Å². The number of nitrogens with one attached hydrogen (secondary N) is 1. The highest BCUT2D eigenvalue weighted by atomic mass is 16.1. The van der Waals surface area contributed by atoms with E-state index in [9.17, 15) is 10.1 Å². The largest absolute Gasteiger partial charge is 0.352 e. The molecule has 1 fully saturated rings. The van der Waals surface area contributed by atoms with E-state index in [0.717, 1.165) is 0 Å². The number of nitriles is 1. The van der Waals surface area contributed by atoms with Crippen LogP contribution < -0.4 is 15.4 Å². The van der Waals surface area contributed by atoms with Crippen molar-refractivity contribution in [3.8, 4) is 6.07 Å². The van der Waals surface area contributed by atoms with Crippen LogP contribution in [0.4, 0.5) is 11.8 Å². The molecule has 4 rings (SSSR count).